The van der Waals surface area contributed by atoms with Crippen molar-refractivity contribution in [2.24, 2.45) is 0 Å². The van der Waals surface area contributed by atoms with Crippen LogP contribution in [0.15, 0.2) is 24.3 Å². The Bertz CT molecular complexity index is 283. The van der Waals surface area contributed by atoms with E-state index in [4.69, 9.17) is 4.74 Å². The number of carbonyl (C=O) groups is 1. The van der Waals surface area contributed by atoms with Gasteiger partial charge in [-0.05, 0) is 13.3 Å². The molecule has 1 heterocycles. The molecule has 0 aliphatic carbocycles. The third-order valence-electron chi connectivity index (χ3n) is 2.27. The van der Waals surface area contributed by atoms with Crippen LogP contribution in [0.1, 0.15) is 26.2 Å². The van der Waals surface area contributed by atoms with Crippen LogP contribution in [0.2, 0.25) is 0 Å². The van der Waals surface area contributed by atoms with Gasteiger partial charge in [0.05, 0.1) is 18.6 Å². The first-order chi connectivity index (χ1) is 7.58. The van der Waals surface area contributed by atoms with E-state index < -0.39 is 18.2 Å². The van der Waals surface area contributed by atoms with E-state index >= 15 is 0 Å². The van der Waals surface area contributed by atoms with E-state index in [0.717, 1.165) is 0 Å². The SMILES string of the molecule is C[C@@H]1C/C=C/[C@H](O)C/C=C/[C@@H](O)CC(=O)O1. The number of carbonyl (C=O) groups excluding carboxylic acids is 1. The van der Waals surface area contributed by atoms with Crippen molar-refractivity contribution in [1.82, 2.24) is 0 Å². The van der Waals surface area contributed by atoms with Crippen molar-refractivity contribution in [2.75, 3.05) is 0 Å². The molecule has 0 bridgehead atoms. The Balaban J connectivity index is 2.63. The molecule has 0 aromatic rings. The van der Waals surface area contributed by atoms with Crippen LogP contribution in [0.3, 0.4) is 0 Å². The van der Waals surface area contributed by atoms with E-state index in [9.17, 15) is 15.0 Å². The summed E-state index contributed by atoms with van der Waals surface area (Å²) >= 11 is 0. The van der Waals surface area contributed by atoms with Crippen molar-refractivity contribution in [2.45, 2.75) is 44.5 Å². The van der Waals surface area contributed by atoms with Gasteiger partial charge in [0.15, 0.2) is 0 Å². The fourth-order valence-corrected chi connectivity index (χ4v) is 1.44. The number of hydrogen-bond donors (Lipinski definition) is 2. The third kappa shape index (κ3) is 5.09. The average Bonchev–Trinajstić information content (AvgIpc) is 2.15. The smallest absolute Gasteiger partial charge is 0.309 e. The van der Waals surface area contributed by atoms with E-state index in [1.807, 2.05) is 0 Å². The summed E-state index contributed by atoms with van der Waals surface area (Å²) in [4.78, 5) is 11.3. The maximum atomic E-state index is 11.3. The minimum atomic E-state index is -0.838. The summed E-state index contributed by atoms with van der Waals surface area (Å²) in [6.45, 7) is 1.78. The molecule has 2 N–H and O–H groups in total. The standard InChI is InChI=1S/C12H18O4/c1-9-4-2-5-10(13)6-3-7-11(14)8-12(15)16-9/h2-3,5,7,9-11,13-14H,4,6,8H2,1H3/b5-2+,7-3+/t9-,10+,11-/m1/s1. The molecule has 0 spiro atoms. The van der Waals surface area contributed by atoms with Gasteiger partial charge in [-0.1, -0.05) is 24.3 Å². The molecule has 0 saturated carbocycles. The monoisotopic (exact) mass is 226 g/mol. The van der Waals surface area contributed by atoms with Crippen molar-refractivity contribution in [3.8, 4) is 0 Å². The molecule has 0 unspecified atom stereocenters. The molecule has 0 fully saturated rings. The topological polar surface area (TPSA) is 66.8 Å². The van der Waals surface area contributed by atoms with Gasteiger partial charge in [-0.25, -0.2) is 0 Å². The van der Waals surface area contributed by atoms with E-state index in [-0.39, 0.29) is 12.5 Å². The van der Waals surface area contributed by atoms with Crippen LogP contribution in [0.25, 0.3) is 0 Å². The van der Waals surface area contributed by atoms with Crippen LogP contribution < -0.4 is 0 Å². The number of aliphatic hydroxyl groups is 2. The predicted molar refractivity (Wildman–Crippen MR) is 59.7 cm³/mol. The molecular formula is C12H18O4. The molecule has 0 aromatic carbocycles. The largest absolute Gasteiger partial charge is 0.462 e. The molecule has 0 amide bonds. The molecule has 4 heteroatoms. The molecule has 0 saturated heterocycles. The normalized spacial score (nSPS) is 36.7. The summed E-state index contributed by atoms with van der Waals surface area (Å²) < 4.78 is 5.06. The number of rotatable bonds is 0. The molecule has 1 rings (SSSR count). The van der Waals surface area contributed by atoms with Crippen molar-refractivity contribution < 1.29 is 19.7 Å². The summed E-state index contributed by atoms with van der Waals surface area (Å²) in [5.41, 5.74) is 0. The van der Waals surface area contributed by atoms with Crippen molar-refractivity contribution in [3.63, 3.8) is 0 Å². The van der Waals surface area contributed by atoms with Gasteiger partial charge >= 0.3 is 5.97 Å². The number of aliphatic hydroxyl groups excluding tert-OH is 2. The lowest BCUT2D eigenvalue weighted by Gasteiger charge is -2.13. The van der Waals surface area contributed by atoms with Crippen LogP contribution in [0.4, 0.5) is 0 Å². The lowest BCUT2D eigenvalue weighted by Crippen LogP contribution is -2.19. The van der Waals surface area contributed by atoms with Gasteiger partial charge in [0.1, 0.15) is 6.10 Å². The van der Waals surface area contributed by atoms with Gasteiger partial charge < -0.3 is 14.9 Å². The highest BCUT2D eigenvalue weighted by Gasteiger charge is 2.13. The maximum absolute atomic E-state index is 11.3. The number of ether oxygens (including phenoxy) is 1. The van der Waals surface area contributed by atoms with Gasteiger partial charge in [0, 0.05) is 6.42 Å². The van der Waals surface area contributed by atoms with E-state index in [0.29, 0.717) is 12.8 Å². The Kier molecular flexibility index (Phi) is 5.22. The summed E-state index contributed by atoms with van der Waals surface area (Å²) in [6.07, 6.45) is 5.99. The first kappa shape index (κ1) is 12.9. The maximum Gasteiger partial charge on any atom is 0.309 e. The Morgan fingerprint density at radius 2 is 1.81 bits per heavy atom. The molecule has 4 nitrogen and oxygen atoms in total. The molecule has 0 radical (unpaired) electrons. The fourth-order valence-electron chi connectivity index (χ4n) is 1.44. The molecule has 1 aliphatic rings. The second kappa shape index (κ2) is 6.45. The summed E-state index contributed by atoms with van der Waals surface area (Å²) in [5, 5.41) is 18.9. The number of cyclic esters (lactones) is 1. The van der Waals surface area contributed by atoms with Crippen molar-refractivity contribution in [3.05, 3.63) is 24.3 Å². The van der Waals surface area contributed by atoms with Gasteiger partial charge in [-0.15, -0.1) is 0 Å². The zero-order chi connectivity index (χ0) is 12.0. The third-order valence-corrected chi connectivity index (χ3v) is 2.27. The number of esters is 1. The first-order valence-electron chi connectivity index (χ1n) is 5.47. The highest BCUT2D eigenvalue weighted by Crippen LogP contribution is 2.07. The van der Waals surface area contributed by atoms with Crippen LogP contribution in [-0.2, 0) is 9.53 Å². The average molecular weight is 226 g/mol. The first-order valence-corrected chi connectivity index (χ1v) is 5.47. The lowest BCUT2D eigenvalue weighted by molar-refractivity contribution is -0.149. The Labute approximate surface area is 95.2 Å². The van der Waals surface area contributed by atoms with E-state index in [1.54, 1.807) is 25.2 Å². The van der Waals surface area contributed by atoms with Crippen molar-refractivity contribution in [1.29, 1.82) is 0 Å². The molecule has 1 aliphatic heterocycles. The highest BCUT2D eigenvalue weighted by atomic mass is 16.5. The van der Waals surface area contributed by atoms with Crippen LogP contribution in [0.5, 0.6) is 0 Å². The lowest BCUT2D eigenvalue weighted by atomic mass is 10.1. The molecule has 3 atom stereocenters. The summed E-state index contributed by atoms with van der Waals surface area (Å²) in [7, 11) is 0. The zero-order valence-corrected chi connectivity index (χ0v) is 9.37. The van der Waals surface area contributed by atoms with Gasteiger partial charge in [0.25, 0.3) is 0 Å². The minimum absolute atomic E-state index is 0.0410. The second-order valence-corrected chi connectivity index (χ2v) is 3.97. The predicted octanol–water partition coefficient (Wildman–Crippen LogP) is 0.936. The Morgan fingerprint density at radius 3 is 2.56 bits per heavy atom. The van der Waals surface area contributed by atoms with Gasteiger partial charge in [-0.2, -0.15) is 0 Å². The van der Waals surface area contributed by atoms with Crippen molar-refractivity contribution >= 4 is 5.97 Å². The molecule has 0 aromatic heterocycles. The molecular weight excluding hydrogens is 208 g/mol. The molecule has 90 valence electrons. The van der Waals surface area contributed by atoms with Crippen LogP contribution >= 0.6 is 0 Å². The van der Waals surface area contributed by atoms with E-state index in [2.05, 4.69) is 0 Å². The fraction of sp³-hybridized carbons (Fsp3) is 0.583. The zero-order valence-electron chi connectivity index (χ0n) is 9.37. The summed E-state index contributed by atoms with van der Waals surface area (Å²) in [5.74, 6) is -0.404. The van der Waals surface area contributed by atoms with Gasteiger partial charge in [-0.3, -0.25) is 4.79 Å². The summed E-state index contributed by atoms with van der Waals surface area (Å²) in [6, 6.07) is 0. The van der Waals surface area contributed by atoms with Gasteiger partial charge in [0.2, 0.25) is 0 Å². The minimum Gasteiger partial charge on any atom is -0.462 e. The molecule has 16 heavy (non-hydrogen) atoms. The van der Waals surface area contributed by atoms with E-state index in [1.165, 1.54) is 6.08 Å². The Hall–Kier alpha value is -1.13. The van der Waals surface area contributed by atoms with Crippen LogP contribution in [0, 0.1) is 0 Å². The number of hydrogen-bond acceptors (Lipinski definition) is 4. The quantitative estimate of drug-likeness (QED) is 0.476. The highest BCUT2D eigenvalue weighted by molar-refractivity contribution is 5.70. The Morgan fingerprint density at radius 1 is 1.19 bits per heavy atom. The second-order valence-electron chi connectivity index (χ2n) is 3.97. The van der Waals surface area contributed by atoms with Crippen LogP contribution in [-0.4, -0.2) is 34.5 Å².